The number of carbonyl (C=O) groups is 2. The number of aromatic nitrogens is 1. The van der Waals surface area contributed by atoms with Crippen LogP contribution < -0.4 is 0 Å². The van der Waals surface area contributed by atoms with Gasteiger partial charge in [-0.25, -0.2) is 0 Å². The number of Topliss-reactive ketones (excluding diaryl/α,β-unsaturated/α-hetero) is 1. The molecule has 36 heavy (non-hydrogen) atoms. The van der Waals surface area contributed by atoms with Crippen LogP contribution in [0.3, 0.4) is 0 Å². The molecule has 5 aromatic rings. The van der Waals surface area contributed by atoms with E-state index in [1.165, 1.54) is 17.0 Å². The Morgan fingerprint density at radius 1 is 0.972 bits per heavy atom. The molecule has 2 aromatic heterocycles. The summed E-state index contributed by atoms with van der Waals surface area (Å²) in [5.74, 6) is -1.64. The van der Waals surface area contributed by atoms with Crippen LogP contribution in [0.4, 0.5) is 0 Å². The molecule has 1 atom stereocenters. The molecule has 6 rings (SSSR count). The highest BCUT2D eigenvalue weighted by molar-refractivity contribution is 6.16. The number of aliphatic hydroxyl groups excluding tert-OH is 1. The molecule has 1 unspecified atom stereocenters. The Bertz CT molecular complexity index is 1630. The number of phenols is 1. The molecule has 0 aliphatic carbocycles. The Labute approximate surface area is 205 Å². The van der Waals surface area contributed by atoms with Crippen molar-refractivity contribution in [2.75, 3.05) is 6.54 Å². The van der Waals surface area contributed by atoms with Crippen LogP contribution in [0.15, 0.2) is 101 Å². The van der Waals surface area contributed by atoms with Crippen LogP contribution >= 0.6 is 0 Å². The SMILES string of the molecule is O=C(C1=C(O)C(=O)N(CCc2c[nH]c3ccccc23)C1c1ccc(O)cc1)c1cc2ccccc2o1. The van der Waals surface area contributed by atoms with E-state index >= 15 is 0 Å². The summed E-state index contributed by atoms with van der Waals surface area (Å²) >= 11 is 0. The number of furan rings is 1. The van der Waals surface area contributed by atoms with Gasteiger partial charge in [0.25, 0.3) is 5.91 Å². The Kier molecular flexibility index (Phi) is 5.11. The first-order chi connectivity index (χ1) is 17.5. The van der Waals surface area contributed by atoms with E-state index in [9.17, 15) is 19.8 Å². The van der Waals surface area contributed by atoms with E-state index in [-0.39, 0.29) is 23.6 Å². The summed E-state index contributed by atoms with van der Waals surface area (Å²) < 4.78 is 5.76. The van der Waals surface area contributed by atoms with Crippen LogP contribution in [0, 0.1) is 0 Å². The molecule has 0 saturated carbocycles. The van der Waals surface area contributed by atoms with Gasteiger partial charge in [-0.15, -0.1) is 0 Å². The van der Waals surface area contributed by atoms with Crippen molar-refractivity contribution in [3.8, 4) is 5.75 Å². The number of H-pyrrole nitrogens is 1. The number of rotatable bonds is 6. The lowest BCUT2D eigenvalue weighted by Crippen LogP contribution is -2.33. The first-order valence-electron chi connectivity index (χ1n) is 11.6. The average Bonchev–Trinajstić information content (AvgIpc) is 3.58. The topological polar surface area (TPSA) is 107 Å². The number of carbonyl (C=O) groups excluding carboxylic acids is 2. The Hall–Kier alpha value is -4.78. The van der Waals surface area contributed by atoms with Gasteiger partial charge in [-0.1, -0.05) is 48.5 Å². The maximum atomic E-state index is 13.6. The van der Waals surface area contributed by atoms with Gasteiger partial charge in [-0.3, -0.25) is 9.59 Å². The summed E-state index contributed by atoms with van der Waals surface area (Å²) in [6, 6.07) is 22.2. The standard InChI is InChI=1S/C29H22N2O5/c32-20-11-9-17(10-12-20)26-25(27(33)24-15-18-5-1-4-8-23(18)36-24)28(34)29(35)31(26)14-13-19-16-30-22-7-3-2-6-21(19)22/h1-12,15-16,26,30,32,34H,13-14H2. The molecule has 0 radical (unpaired) electrons. The maximum absolute atomic E-state index is 13.6. The third-order valence-corrected chi connectivity index (χ3v) is 6.70. The summed E-state index contributed by atoms with van der Waals surface area (Å²) in [5, 5.41) is 22.5. The normalized spacial score (nSPS) is 15.9. The highest BCUT2D eigenvalue weighted by atomic mass is 16.3. The number of fused-ring (bicyclic) bond motifs is 2. The zero-order chi connectivity index (χ0) is 24.8. The van der Waals surface area contributed by atoms with Gasteiger partial charge >= 0.3 is 0 Å². The number of para-hydroxylation sites is 2. The van der Waals surface area contributed by atoms with Crippen LogP contribution in [-0.4, -0.2) is 38.3 Å². The first-order valence-corrected chi connectivity index (χ1v) is 11.6. The van der Waals surface area contributed by atoms with E-state index in [0.717, 1.165) is 21.9 Å². The fraction of sp³-hybridized carbons (Fsp3) is 0.103. The highest BCUT2D eigenvalue weighted by Gasteiger charge is 2.44. The summed E-state index contributed by atoms with van der Waals surface area (Å²) in [6.45, 7) is 0.271. The quantitative estimate of drug-likeness (QED) is 0.282. The molecule has 1 aliphatic rings. The second-order valence-corrected chi connectivity index (χ2v) is 8.84. The van der Waals surface area contributed by atoms with Gasteiger partial charge in [0.05, 0.1) is 11.6 Å². The number of nitrogens with one attached hydrogen (secondary N) is 1. The molecular weight excluding hydrogens is 456 g/mol. The van der Waals surface area contributed by atoms with E-state index in [0.29, 0.717) is 17.6 Å². The van der Waals surface area contributed by atoms with Crippen LogP contribution in [-0.2, 0) is 11.2 Å². The van der Waals surface area contributed by atoms with E-state index in [1.54, 1.807) is 24.3 Å². The molecule has 1 aliphatic heterocycles. The molecular formula is C29H22N2O5. The van der Waals surface area contributed by atoms with Crippen molar-refractivity contribution in [1.29, 1.82) is 0 Å². The van der Waals surface area contributed by atoms with Crippen molar-refractivity contribution in [2.45, 2.75) is 12.5 Å². The number of hydrogen-bond donors (Lipinski definition) is 3. The second kappa shape index (κ2) is 8.46. The second-order valence-electron chi connectivity index (χ2n) is 8.84. The lowest BCUT2D eigenvalue weighted by atomic mass is 9.94. The summed E-state index contributed by atoms with van der Waals surface area (Å²) in [5.41, 5.74) is 3.13. The zero-order valence-electron chi connectivity index (χ0n) is 19.1. The van der Waals surface area contributed by atoms with Gasteiger partial charge in [-0.2, -0.15) is 0 Å². The van der Waals surface area contributed by atoms with E-state index in [4.69, 9.17) is 4.42 Å². The Balaban J connectivity index is 1.38. The van der Waals surface area contributed by atoms with Crippen LogP contribution in [0.5, 0.6) is 5.75 Å². The first kappa shape index (κ1) is 21.7. The van der Waals surface area contributed by atoms with Gasteiger partial charge in [0.1, 0.15) is 11.3 Å². The van der Waals surface area contributed by atoms with Gasteiger partial charge in [-0.05, 0) is 47.9 Å². The minimum Gasteiger partial charge on any atom is -0.508 e. The minimum absolute atomic E-state index is 0.0383. The van der Waals surface area contributed by atoms with Crippen LogP contribution in [0.25, 0.3) is 21.9 Å². The van der Waals surface area contributed by atoms with Crippen LogP contribution in [0.1, 0.15) is 27.7 Å². The molecule has 0 spiro atoms. The van der Waals surface area contributed by atoms with Crippen molar-refractivity contribution in [3.05, 3.63) is 113 Å². The number of aromatic hydroxyl groups is 1. The number of amides is 1. The maximum Gasteiger partial charge on any atom is 0.290 e. The van der Waals surface area contributed by atoms with Gasteiger partial charge in [0.2, 0.25) is 5.78 Å². The summed E-state index contributed by atoms with van der Waals surface area (Å²) in [7, 11) is 0. The summed E-state index contributed by atoms with van der Waals surface area (Å²) in [6.07, 6.45) is 2.43. The van der Waals surface area contributed by atoms with E-state index < -0.39 is 23.5 Å². The van der Waals surface area contributed by atoms with E-state index in [1.807, 2.05) is 48.7 Å². The Morgan fingerprint density at radius 2 is 1.72 bits per heavy atom. The fourth-order valence-electron chi connectivity index (χ4n) is 4.93. The average molecular weight is 479 g/mol. The molecule has 0 saturated heterocycles. The summed E-state index contributed by atoms with van der Waals surface area (Å²) in [4.78, 5) is 31.6. The molecule has 0 fully saturated rings. The number of hydrogen-bond acceptors (Lipinski definition) is 5. The molecule has 7 nitrogen and oxygen atoms in total. The molecule has 3 aromatic carbocycles. The fourth-order valence-corrected chi connectivity index (χ4v) is 4.93. The largest absolute Gasteiger partial charge is 0.508 e. The number of phenolic OH excluding ortho intramolecular Hbond substituents is 1. The van der Waals surface area contributed by atoms with Crippen LogP contribution in [0.2, 0.25) is 0 Å². The molecule has 1 amide bonds. The monoisotopic (exact) mass is 478 g/mol. The van der Waals surface area contributed by atoms with Crippen molar-refractivity contribution < 1.29 is 24.2 Å². The zero-order valence-corrected chi connectivity index (χ0v) is 19.1. The predicted octanol–water partition coefficient (Wildman–Crippen LogP) is 5.44. The lowest BCUT2D eigenvalue weighted by molar-refractivity contribution is -0.129. The van der Waals surface area contributed by atoms with Crippen molar-refractivity contribution in [2.24, 2.45) is 0 Å². The number of benzene rings is 3. The number of aromatic amines is 1. The van der Waals surface area contributed by atoms with Crippen molar-refractivity contribution in [3.63, 3.8) is 0 Å². The Morgan fingerprint density at radius 3 is 2.53 bits per heavy atom. The number of nitrogens with zero attached hydrogens (tertiary/aromatic N) is 1. The number of aliphatic hydroxyl groups is 1. The van der Waals surface area contributed by atoms with E-state index in [2.05, 4.69) is 4.98 Å². The predicted molar refractivity (Wildman–Crippen MR) is 135 cm³/mol. The molecule has 7 heteroatoms. The van der Waals surface area contributed by atoms with Gasteiger partial charge in [0.15, 0.2) is 11.5 Å². The molecule has 0 bridgehead atoms. The third-order valence-electron chi connectivity index (χ3n) is 6.70. The highest BCUT2D eigenvalue weighted by Crippen LogP contribution is 2.40. The molecule has 3 heterocycles. The third kappa shape index (κ3) is 3.53. The lowest BCUT2D eigenvalue weighted by Gasteiger charge is -2.26. The molecule has 178 valence electrons. The molecule has 3 N–H and O–H groups in total. The minimum atomic E-state index is -0.830. The van der Waals surface area contributed by atoms with Crippen molar-refractivity contribution >= 4 is 33.6 Å². The van der Waals surface area contributed by atoms with Crippen molar-refractivity contribution in [1.82, 2.24) is 9.88 Å². The number of ketones is 1. The van der Waals surface area contributed by atoms with Gasteiger partial charge < -0.3 is 24.5 Å². The van der Waals surface area contributed by atoms with Gasteiger partial charge in [0, 0.05) is 29.0 Å². The smallest absolute Gasteiger partial charge is 0.290 e.